The number of aromatic nitrogens is 1. The standard InChI is InChI=1S/C16H15N3O/c1-11-9-12-10-13(7-8-15(12)18-11)19-16(17)20-14-5-3-2-4-6-14/h2-10,18H,1H3,(H2,17,19). The Hall–Kier alpha value is -2.75. The summed E-state index contributed by atoms with van der Waals surface area (Å²) in [5.74, 6) is 0.673. The Balaban J connectivity index is 1.85. The number of aromatic amines is 1. The van der Waals surface area contributed by atoms with Crippen molar-refractivity contribution >= 4 is 22.6 Å². The minimum atomic E-state index is 0.128. The summed E-state index contributed by atoms with van der Waals surface area (Å²) >= 11 is 0. The number of nitrogens with two attached hydrogens (primary N) is 1. The number of rotatable bonds is 2. The van der Waals surface area contributed by atoms with E-state index in [4.69, 9.17) is 10.5 Å². The normalized spacial score (nSPS) is 11.8. The fraction of sp³-hybridized carbons (Fsp3) is 0.0625. The van der Waals surface area contributed by atoms with E-state index in [1.807, 2.05) is 55.5 Å². The molecule has 0 saturated heterocycles. The molecule has 0 aliphatic rings. The van der Waals surface area contributed by atoms with Gasteiger partial charge >= 0.3 is 0 Å². The Labute approximate surface area is 116 Å². The molecule has 0 fully saturated rings. The molecule has 20 heavy (non-hydrogen) atoms. The average Bonchev–Trinajstić information content (AvgIpc) is 2.79. The van der Waals surface area contributed by atoms with Gasteiger partial charge in [0.05, 0.1) is 5.69 Å². The number of para-hydroxylation sites is 1. The molecule has 0 aliphatic heterocycles. The summed E-state index contributed by atoms with van der Waals surface area (Å²) in [6.07, 6.45) is 0. The molecule has 0 radical (unpaired) electrons. The number of aryl methyl sites for hydroxylation is 1. The van der Waals surface area contributed by atoms with Gasteiger partial charge in [-0.05, 0) is 43.3 Å². The van der Waals surface area contributed by atoms with E-state index < -0.39 is 0 Å². The summed E-state index contributed by atoms with van der Waals surface area (Å²) < 4.78 is 5.46. The van der Waals surface area contributed by atoms with Crippen LogP contribution in [0.4, 0.5) is 5.69 Å². The van der Waals surface area contributed by atoms with Crippen molar-refractivity contribution in [3.63, 3.8) is 0 Å². The van der Waals surface area contributed by atoms with Gasteiger partial charge in [0, 0.05) is 16.6 Å². The zero-order valence-electron chi connectivity index (χ0n) is 11.1. The number of hydrogen-bond acceptors (Lipinski definition) is 2. The van der Waals surface area contributed by atoms with E-state index in [-0.39, 0.29) is 6.02 Å². The summed E-state index contributed by atoms with van der Waals surface area (Å²) in [7, 11) is 0. The van der Waals surface area contributed by atoms with Crippen molar-refractivity contribution in [3.05, 3.63) is 60.3 Å². The zero-order chi connectivity index (χ0) is 13.9. The second kappa shape index (κ2) is 5.09. The molecule has 0 spiro atoms. The molecule has 0 atom stereocenters. The van der Waals surface area contributed by atoms with Crippen LogP contribution in [-0.2, 0) is 0 Å². The van der Waals surface area contributed by atoms with Gasteiger partial charge in [0.1, 0.15) is 5.75 Å². The monoisotopic (exact) mass is 265 g/mol. The van der Waals surface area contributed by atoms with Gasteiger partial charge in [0.25, 0.3) is 6.02 Å². The highest BCUT2D eigenvalue weighted by molar-refractivity contribution is 5.85. The maximum atomic E-state index is 5.81. The van der Waals surface area contributed by atoms with E-state index >= 15 is 0 Å². The molecular weight excluding hydrogens is 250 g/mol. The van der Waals surface area contributed by atoms with Crippen LogP contribution in [0.1, 0.15) is 5.69 Å². The third-order valence-electron chi connectivity index (χ3n) is 2.94. The lowest BCUT2D eigenvalue weighted by Gasteiger charge is -2.03. The summed E-state index contributed by atoms with van der Waals surface area (Å²) in [6.45, 7) is 2.02. The third kappa shape index (κ3) is 2.64. The smallest absolute Gasteiger partial charge is 0.292 e. The minimum Gasteiger partial charge on any atom is -0.426 e. The van der Waals surface area contributed by atoms with Gasteiger partial charge in [-0.25, -0.2) is 0 Å². The molecule has 2 aromatic carbocycles. The van der Waals surface area contributed by atoms with Crippen LogP contribution < -0.4 is 10.5 Å². The SMILES string of the molecule is Cc1cc2cc(N=C(N)Oc3ccccc3)ccc2[nH]1. The summed E-state index contributed by atoms with van der Waals surface area (Å²) in [5, 5.41) is 1.11. The van der Waals surface area contributed by atoms with E-state index in [2.05, 4.69) is 16.0 Å². The Morgan fingerprint density at radius 3 is 2.70 bits per heavy atom. The Morgan fingerprint density at radius 1 is 1.10 bits per heavy atom. The van der Waals surface area contributed by atoms with Gasteiger partial charge in [0.15, 0.2) is 0 Å². The molecule has 4 heteroatoms. The summed E-state index contributed by atoms with van der Waals surface area (Å²) in [4.78, 5) is 7.54. The minimum absolute atomic E-state index is 0.128. The van der Waals surface area contributed by atoms with Gasteiger partial charge in [-0.15, -0.1) is 0 Å². The third-order valence-corrected chi connectivity index (χ3v) is 2.94. The van der Waals surface area contributed by atoms with Crippen LogP contribution in [0.15, 0.2) is 59.6 Å². The number of nitrogens with zero attached hydrogens (tertiary/aromatic N) is 1. The number of ether oxygens (including phenoxy) is 1. The molecule has 4 nitrogen and oxygen atoms in total. The lowest BCUT2D eigenvalue weighted by Crippen LogP contribution is -2.18. The van der Waals surface area contributed by atoms with Gasteiger partial charge in [0.2, 0.25) is 0 Å². The molecule has 1 aromatic heterocycles. The highest BCUT2D eigenvalue weighted by atomic mass is 16.5. The number of benzene rings is 2. The van der Waals surface area contributed by atoms with Crippen molar-refractivity contribution < 1.29 is 4.74 Å². The number of fused-ring (bicyclic) bond motifs is 1. The molecule has 3 N–H and O–H groups in total. The molecule has 0 aliphatic carbocycles. The van der Waals surface area contributed by atoms with Gasteiger partial charge in [-0.2, -0.15) is 4.99 Å². The molecule has 0 unspecified atom stereocenters. The van der Waals surface area contributed by atoms with Crippen LogP contribution in [0.3, 0.4) is 0 Å². The average molecular weight is 265 g/mol. The molecule has 3 aromatic rings. The topological polar surface area (TPSA) is 63.4 Å². The highest BCUT2D eigenvalue weighted by Gasteiger charge is 2.01. The zero-order valence-corrected chi connectivity index (χ0v) is 11.1. The second-order valence-electron chi connectivity index (χ2n) is 4.59. The molecule has 3 rings (SSSR count). The van der Waals surface area contributed by atoms with Gasteiger partial charge in [-0.3, -0.25) is 0 Å². The van der Waals surface area contributed by atoms with E-state index in [9.17, 15) is 0 Å². The Morgan fingerprint density at radius 2 is 1.90 bits per heavy atom. The van der Waals surface area contributed by atoms with Gasteiger partial charge < -0.3 is 15.5 Å². The number of aliphatic imine (C=N–C) groups is 1. The molecule has 0 saturated carbocycles. The number of hydrogen-bond donors (Lipinski definition) is 2. The Bertz CT molecular complexity index is 760. The fourth-order valence-corrected chi connectivity index (χ4v) is 2.09. The maximum Gasteiger partial charge on any atom is 0.292 e. The predicted molar refractivity (Wildman–Crippen MR) is 81.4 cm³/mol. The van der Waals surface area contributed by atoms with Crippen LogP contribution >= 0.6 is 0 Å². The lowest BCUT2D eigenvalue weighted by atomic mass is 10.2. The maximum absolute atomic E-state index is 5.81. The summed E-state index contributed by atoms with van der Waals surface area (Å²) in [6, 6.07) is 17.4. The van der Waals surface area contributed by atoms with Crippen molar-refractivity contribution in [1.82, 2.24) is 4.98 Å². The van der Waals surface area contributed by atoms with Crippen LogP contribution in [0.2, 0.25) is 0 Å². The number of H-pyrrole nitrogens is 1. The van der Waals surface area contributed by atoms with Crippen molar-refractivity contribution in [2.75, 3.05) is 0 Å². The lowest BCUT2D eigenvalue weighted by molar-refractivity contribution is 0.543. The van der Waals surface area contributed by atoms with E-state index in [0.717, 1.165) is 22.3 Å². The first-order valence-corrected chi connectivity index (χ1v) is 6.37. The van der Waals surface area contributed by atoms with Crippen molar-refractivity contribution in [3.8, 4) is 5.75 Å². The van der Waals surface area contributed by atoms with Crippen molar-refractivity contribution in [2.45, 2.75) is 6.92 Å². The highest BCUT2D eigenvalue weighted by Crippen LogP contribution is 2.22. The summed E-state index contributed by atoms with van der Waals surface area (Å²) in [5.41, 5.74) is 8.78. The first-order valence-electron chi connectivity index (χ1n) is 6.37. The Kier molecular flexibility index (Phi) is 3.13. The van der Waals surface area contributed by atoms with Crippen LogP contribution in [-0.4, -0.2) is 11.0 Å². The number of amidine groups is 1. The quantitative estimate of drug-likeness (QED) is 0.550. The predicted octanol–water partition coefficient (Wildman–Crippen LogP) is 3.50. The van der Waals surface area contributed by atoms with Crippen molar-refractivity contribution in [1.29, 1.82) is 0 Å². The molecule has 0 amide bonds. The second-order valence-corrected chi connectivity index (χ2v) is 4.59. The van der Waals surface area contributed by atoms with Crippen LogP contribution in [0, 0.1) is 6.92 Å². The fourth-order valence-electron chi connectivity index (χ4n) is 2.09. The first kappa shape index (κ1) is 12.3. The first-order chi connectivity index (χ1) is 9.70. The molecule has 0 bridgehead atoms. The van der Waals surface area contributed by atoms with Crippen LogP contribution in [0.25, 0.3) is 10.9 Å². The van der Waals surface area contributed by atoms with E-state index in [1.165, 1.54) is 0 Å². The largest absolute Gasteiger partial charge is 0.426 e. The number of nitrogens with one attached hydrogen (secondary N) is 1. The molecular formula is C16H15N3O. The molecule has 1 heterocycles. The van der Waals surface area contributed by atoms with Crippen LogP contribution in [0.5, 0.6) is 5.75 Å². The van der Waals surface area contributed by atoms with Gasteiger partial charge in [-0.1, -0.05) is 18.2 Å². The van der Waals surface area contributed by atoms with E-state index in [1.54, 1.807) is 0 Å². The van der Waals surface area contributed by atoms with E-state index in [0.29, 0.717) is 5.75 Å². The molecule has 100 valence electrons. The van der Waals surface area contributed by atoms with Crippen molar-refractivity contribution in [2.24, 2.45) is 10.7 Å².